The van der Waals surface area contributed by atoms with Gasteiger partial charge in [0, 0.05) is 30.6 Å². The van der Waals surface area contributed by atoms with E-state index in [1.165, 1.54) is 24.3 Å². The van der Waals surface area contributed by atoms with E-state index in [0.29, 0.717) is 18.7 Å². The Morgan fingerprint density at radius 2 is 1.78 bits per heavy atom. The van der Waals surface area contributed by atoms with Crippen molar-refractivity contribution in [1.82, 2.24) is 10.6 Å². The Labute approximate surface area is 141 Å². The molecular weight excluding hydrogens is 321 g/mol. The van der Waals surface area contributed by atoms with E-state index in [4.69, 9.17) is 5.73 Å². The highest BCUT2D eigenvalue weighted by Crippen LogP contribution is 2.22. The third-order valence-electron chi connectivity index (χ3n) is 3.90. The molecule has 23 heavy (non-hydrogen) atoms. The molecular formula is C16H23ClFN3O2. The molecule has 1 saturated carbocycles. The Balaban J connectivity index is 0.00000264. The first-order valence-electron chi connectivity index (χ1n) is 7.63. The van der Waals surface area contributed by atoms with E-state index >= 15 is 0 Å². The summed E-state index contributed by atoms with van der Waals surface area (Å²) in [7, 11) is 0. The van der Waals surface area contributed by atoms with Crippen molar-refractivity contribution >= 4 is 24.2 Å². The summed E-state index contributed by atoms with van der Waals surface area (Å²) in [6, 6.07) is 5.44. The molecule has 0 heterocycles. The minimum atomic E-state index is -0.380. The molecule has 1 aromatic rings. The monoisotopic (exact) mass is 343 g/mol. The van der Waals surface area contributed by atoms with Crippen molar-refractivity contribution in [3.8, 4) is 0 Å². The van der Waals surface area contributed by atoms with Gasteiger partial charge in [-0.15, -0.1) is 12.4 Å². The van der Waals surface area contributed by atoms with Gasteiger partial charge in [-0.05, 0) is 43.5 Å². The topological polar surface area (TPSA) is 84.2 Å². The number of halogens is 2. The first-order valence-corrected chi connectivity index (χ1v) is 7.63. The highest BCUT2D eigenvalue weighted by molar-refractivity contribution is 5.94. The maximum atomic E-state index is 12.8. The zero-order valence-corrected chi connectivity index (χ0v) is 13.7. The maximum Gasteiger partial charge on any atom is 0.251 e. The molecule has 0 saturated heterocycles. The quantitative estimate of drug-likeness (QED) is 0.710. The summed E-state index contributed by atoms with van der Waals surface area (Å²) < 4.78 is 12.8. The molecule has 2 amide bonds. The highest BCUT2D eigenvalue weighted by atomic mass is 35.5. The summed E-state index contributed by atoms with van der Waals surface area (Å²) in [5.74, 6) is -0.675. The minimum Gasteiger partial charge on any atom is -0.354 e. The average molecular weight is 344 g/mol. The Bertz CT molecular complexity index is 525. The molecule has 1 aliphatic carbocycles. The van der Waals surface area contributed by atoms with Gasteiger partial charge in [-0.25, -0.2) is 4.39 Å². The number of nitrogens with one attached hydrogen (secondary N) is 2. The van der Waals surface area contributed by atoms with E-state index in [1.807, 2.05) is 0 Å². The molecule has 0 aliphatic heterocycles. The third-order valence-corrected chi connectivity index (χ3v) is 3.90. The van der Waals surface area contributed by atoms with E-state index in [2.05, 4.69) is 10.6 Å². The molecule has 0 aromatic heterocycles. The van der Waals surface area contributed by atoms with Gasteiger partial charge >= 0.3 is 0 Å². The summed E-state index contributed by atoms with van der Waals surface area (Å²) in [5, 5.41) is 5.50. The minimum absolute atomic E-state index is 0. The van der Waals surface area contributed by atoms with Crippen molar-refractivity contribution < 1.29 is 14.0 Å². The predicted octanol–water partition coefficient (Wildman–Crippen LogP) is 1.61. The van der Waals surface area contributed by atoms with E-state index in [-0.39, 0.29) is 42.0 Å². The Morgan fingerprint density at radius 1 is 1.13 bits per heavy atom. The van der Waals surface area contributed by atoms with Crippen LogP contribution in [-0.4, -0.2) is 30.9 Å². The second kappa shape index (κ2) is 9.47. The van der Waals surface area contributed by atoms with Crippen molar-refractivity contribution in [1.29, 1.82) is 0 Å². The average Bonchev–Trinajstić information content (AvgIpc) is 2.51. The van der Waals surface area contributed by atoms with Crippen LogP contribution >= 0.6 is 12.4 Å². The molecule has 5 nitrogen and oxygen atoms in total. The lowest BCUT2D eigenvalue weighted by Gasteiger charge is -2.25. The second-order valence-electron chi connectivity index (χ2n) is 5.68. The first-order chi connectivity index (χ1) is 10.6. The van der Waals surface area contributed by atoms with E-state index in [0.717, 1.165) is 25.7 Å². The van der Waals surface area contributed by atoms with Crippen LogP contribution in [0.4, 0.5) is 4.39 Å². The van der Waals surface area contributed by atoms with Crippen molar-refractivity contribution in [2.24, 2.45) is 11.7 Å². The number of carbonyl (C=O) groups is 2. The molecule has 0 spiro atoms. The summed E-state index contributed by atoms with van der Waals surface area (Å²) in [5.41, 5.74) is 6.26. The van der Waals surface area contributed by atoms with Gasteiger partial charge in [0.2, 0.25) is 5.91 Å². The fourth-order valence-corrected chi connectivity index (χ4v) is 2.68. The van der Waals surface area contributed by atoms with Gasteiger partial charge in [0.1, 0.15) is 5.82 Å². The molecule has 7 heteroatoms. The zero-order chi connectivity index (χ0) is 15.9. The van der Waals surface area contributed by atoms with Crippen LogP contribution in [0, 0.1) is 11.7 Å². The molecule has 0 bridgehead atoms. The van der Waals surface area contributed by atoms with Crippen LogP contribution in [0.5, 0.6) is 0 Å². The highest BCUT2D eigenvalue weighted by Gasteiger charge is 2.24. The molecule has 128 valence electrons. The number of carbonyl (C=O) groups excluding carboxylic acids is 2. The molecule has 2 unspecified atom stereocenters. The second-order valence-corrected chi connectivity index (χ2v) is 5.68. The lowest BCUT2D eigenvalue weighted by Crippen LogP contribution is -2.40. The van der Waals surface area contributed by atoms with Gasteiger partial charge in [0.25, 0.3) is 5.91 Å². The number of hydrogen-bond donors (Lipinski definition) is 3. The predicted molar refractivity (Wildman–Crippen MR) is 88.9 cm³/mol. The van der Waals surface area contributed by atoms with Crippen LogP contribution < -0.4 is 16.4 Å². The maximum absolute atomic E-state index is 12.8. The number of nitrogens with two attached hydrogens (primary N) is 1. The largest absolute Gasteiger partial charge is 0.354 e. The molecule has 1 fully saturated rings. The van der Waals surface area contributed by atoms with Crippen molar-refractivity contribution in [3.05, 3.63) is 35.6 Å². The van der Waals surface area contributed by atoms with Gasteiger partial charge in [0.15, 0.2) is 0 Å². The molecule has 0 radical (unpaired) electrons. The Hall–Kier alpha value is -1.66. The molecule has 1 aromatic carbocycles. The SMILES string of the molecule is Cl.NC1CCCC(C(=O)NCCNC(=O)c2ccc(F)cc2)C1. The van der Waals surface area contributed by atoms with Crippen LogP contribution in [0.2, 0.25) is 0 Å². The standard InChI is InChI=1S/C16H22FN3O2.ClH/c17-13-6-4-11(5-7-13)15(21)19-8-9-20-16(22)12-2-1-3-14(18)10-12;/h4-7,12,14H,1-3,8-10,18H2,(H,19,21)(H,20,22);1H. The Kier molecular flexibility index (Phi) is 7.98. The van der Waals surface area contributed by atoms with Crippen LogP contribution in [0.1, 0.15) is 36.0 Å². The van der Waals surface area contributed by atoms with E-state index < -0.39 is 0 Å². The van der Waals surface area contributed by atoms with Crippen molar-refractivity contribution in [2.45, 2.75) is 31.7 Å². The normalized spacial score (nSPS) is 20.3. The fraction of sp³-hybridized carbons (Fsp3) is 0.500. The van der Waals surface area contributed by atoms with E-state index in [9.17, 15) is 14.0 Å². The number of hydrogen-bond acceptors (Lipinski definition) is 3. The third kappa shape index (κ3) is 6.15. The van der Waals surface area contributed by atoms with Crippen molar-refractivity contribution in [2.75, 3.05) is 13.1 Å². The molecule has 1 aliphatic rings. The lowest BCUT2D eigenvalue weighted by molar-refractivity contribution is -0.126. The number of rotatable bonds is 5. The Morgan fingerprint density at radius 3 is 2.43 bits per heavy atom. The summed E-state index contributed by atoms with van der Waals surface area (Å²) in [6.45, 7) is 0.707. The zero-order valence-electron chi connectivity index (χ0n) is 12.9. The number of benzene rings is 1. The summed E-state index contributed by atoms with van der Waals surface area (Å²) >= 11 is 0. The van der Waals surface area contributed by atoms with E-state index in [1.54, 1.807) is 0 Å². The molecule has 2 atom stereocenters. The smallest absolute Gasteiger partial charge is 0.251 e. The van der Waals surface area contributed by atoms with Gasteiger partial charge in [-0.2, -0.15) is 0 Å². The summed E-state index contributed by atoms with van der Waals surface area (Å²) in [4.78, 5) is 23.8. The van der Waals surface area contributed by atoms with Crippen molar-refractivity contribution in [3.63, 3.8) is 0 Å². The van der Waals surface area contributed by atoms with Crippen LogP contribution in [0.15, 0.2) is 24.3 Å². The van der Waals surface area contributed by atoms with Gasteiger partial charge in [0.05, 0.1) is 0 Å². The van der Waals surface area contributed by atoms with Gasteiger partial charge < -0.3 is 16.4 Å². The number of amides is 2. The van der Waals surface area contributed by atoms with Gasteiger partial charge in [-0.1, -0.05) is 6.42 Å². The van der Waals surface area contributed by atoms with Crippen LogP contribution in [-0.2, 0) is 4.79 Å². The van der Waals surface area contributed by atoms with Crippen LogP contribution in [0.3, 0.4) is 0 Å². The van der Waals surface area contributed by atoms with Gasteiger partial charge in [-0.3, -0.25) is 9.59 Å². The van der Waals surface area contributed by atoms with Crippen LogP contribution in [0.25, 0.3) is 0 Å². The molecule has 4 N–H and O–H groups in total. The summed E-state index contributed by atoms with van der Waals surface area (Å²) in [6.07, 6.45) is 3.58. The fourth-order valence-electron chi connectivity index (χ4n) is 2.68. The lowest BCUT2D eigenvalue weighted by atomic mass is 9.85. The first kappa shape index (κ1) is 19.4. The molecule has 2 rings (SSSR count).